The van der Waals surface area contributed by atoms with Gasteiger partial charge in [-0.3, -0.25) is 4.79 Å². The highest BCUT2D eigenvalue weighted by Gasteiger charge is 2.08. The summed E-state index contributed by atoms with van der Waals surface area (Å²) in [5.41, 5.74) is 2.02. The van der Waals surface area contributed by atoms with Crippen molar-refractivity contribution in [2.24, 2.45) is 0 Å². The van der Waals surface area contributed by atoms with Crippen molar-refractivity contribution in [1.82, 2.24) is 0 Å². The Morgan fingerprint density at radius 2 is 2.00 bits per heavy atom. The van der Waals surface area contributed by atoms with Gasteiger partial charge in [-0.05, 0) is 42.7 Å². The highest BCUT2D eigenvalue weighted by atomic mass is 35.5. The van der Waals surface area contributed by atoms with Crippen molar-refractivity contribution in [2.75, 3.05) is 5.32 Å². The number of anilines is 1. The van der Waals surface area contributed by atoms with E-state index in [-0.39, 0.29) is 18.0 Å². The third-order valence-electron chi connectivity index (χ3n) is 2.98. The average Bonchev–Trinajstić information content (AvgIpc) is 2.42. The van der Waals surface area contributed by atoms with E-state index in [1.54, 1.807) is 18.2 Å². The van der Waals surface area contributed by atoms with Crippen LogP contribution in [-0.4, -0.2) is 5.91 Å². The summed E-state index contributed by atoms with van der Waals surface area (Å²) in [5.74, 6) is -0.656. The molecule has 1 amide bonds. The second-order valence-corrected chi connectivity index (χ2v) is 5.03. The van der Waals surface area contributed by atoms with Crippen LogP contribution in [0.5, 0.6) is 0 Å². The van der Waals surface area contributed by atoms with Gasteiger partial charge in [0.25, 0.3) is 0 Å². The van der Waals surface area contributed by atoms with Gasteiger partial charge in [-0.25, -0.2) is 4.39 Å². The van der Waals surface area contributed by atoms with E-state index in [0.29, 0.717) is 11.4 Å². The molecule has 2 rings (SSSR count). The van der Waals surface area contributed by atoms with Gasteiger partial charge in [0, 0.05) is 11.4 Å². The Balaban J connectivity index is 1.96. The molecular formula is C16H15ClFNO. The first-order chi connectivity index (χ1) is 9.56. The smallest absolute Gasteiger partial charge is 0.224 e. The van der Waals surface area contributed by atoms with Gasteiger partial charge >= 0.3 is 0 Å². The number of benzene rings is 2. The molecule has 0 bridgehead atoms. The molecule has 2 aromatic rings. The number of nitrogens with one attached hydrogen (secondary N) is 1. The number of hydrogen-bond donors (Lipinski definition) is 1. The van der Waals surface area contributed by atoms with Gasteiger partial charge in [0.05, 0.1) is 5.69 Å². The van der Waals surface area contributed by atoms with Gasteiger partial charge in [-0.15, -0.1) is 0 Å². The third-order valence-corrected chi connectivity index (χ3v) is 3.34. The van der Waals surface area contributed by atoms with E-state index in [4.69, 9.17) is 11.6 Å². The molecule has 0 saturated carbocycles. The molecule has 1 N–H and O–H groups in total. The zero-order valence-corrected chi connectivity index (χ0v) is 11.9. The minimum absolute atomic E-state index is 0.217. The molecule has 0 atom stereocenters. The number of hydrogen-bond acceptors (Lipinski definition) is 1. The lowest BCUT2D eigenvalue weighted by Crippen LogP contribution is -2.13. The minimum Gasteiger partial charge on any atom is -0.324 e. The first-order valence-electron chi connectivity index (χ1n) is 6.35. The van der Waals surface area contributed by atoms with E-state index in [2.05, 4.69) is 5.32 Å². The second kappa shape index (κ2) is 6.53. The van der Waals surface area contributed by atoms with Crippen LogP contribution in [0.25, 0.3) is 0 Å². The van der Waals surface area contributed by atoms with Gasteiger partial charge in [-0.2, -0.15) is 0 Å². The number of halogens is 2. The van der Waals surface area contributed by atoms with Gasteiger partial charge in [0.15, 0.2) is 0 Å². The fourth-order valence-electron chi connectivity index (χ4n) is 1.90. The van der Waals surface area contributed by atoms with Crippen molar-refractivity contribution >= 4 is 23.2 Å². The van der Waals surface area contributed by atoms with Gasteiger partial charge in [-0.1, -0.05) is 35.9 Å². The van der Waals surface area contributed by atoms with Crippen LogP contribution in [0, 0.1) is 12.7 Å². The SMILES string of the molecule is Cc1ccc(F)c(NC(=O)CCc2ccccc2Cl)c1. The highest BCUT2D eigenvalue weighted by Crippen LogP contribution is 2.18. The van der Waals surface area contributed by atoms with Gasteiger partial charge in [0.1, 0.15) is 5.82 Å². The molecule has 104 valence electrons. The van der Waals surface area contributed by atoms with E-state index in [0.717, 1.165) is 11.1 Å². The topological polar surface area (TPSA) is 29.1 Å². The van der Waals surface area contributed by atoms with Gasteiger partial charge in [0.2, 0.25) is 5.91 Å². The maximum Gasteiger partial charge on any atom is 0.224 e. The first kappa shape index (κ1) is 14.5. The number of carbonyl (C=O) groups is 1. The van der Waals surface area contributed by atoms with Crippen LogP contribution in [0.2, 0.25) is 5.02 Å². The van der Waals surface area contributed by atoms with Crippen LogP contribution < -0.4 is 5.32 Å². The van der Waals surface area contributed by atoms with Crippen molar-refractivity contribution in [3.05, 3.63) is 64.4 Å². The van der Waals surface area contributed by atoms with Crippen LogP contribution in [0.3, 0.4) is 0 Å². The summed E-state index contributed by atoms with van der Waals surface area (Å²) >= 11 is 6.02. The Kier molecular flexibility index (Phi) is 4.74. The van der Waals surface area contributed by atoms with Crippen molar-refractivity contribution in [2.45, 2.75) is 19.8 Å². The van der Waals surface area contributed by atoms with E-state index in [9.17, 15) is 9.18 Å². The summed E-state index contributed by atoms with van der Waals surface area (Å²) in [7, 11) is 0. The molecule has 0 aliphatic rings. The summed E-state index contributed by atoms with van der Waals surface area (Å²) in [6.07, 6.45) is 0.788. The molecule has 0 spiro atoms. The molecule has 0 saturated heterocycles. The van der Waals surface area contributed by atoms with Gasteiger partial charge < -0.3 is 5.32 Å². The fourth-order valence-corrected chi connectivity index (χ4v) is 2.13. The quantitative estimate of drug-likeness (QED) is 0.891. The van der Waals surface area contributed by atoms with Crippen LogP contribution in [0.15, 0.2) is 42.5 Å². The van der Waals surface area contributed by atoms with E-state index in [1.165, 1.54) is 6.07 Å². The van der Waals surface area contributed by atoms with Crippen LogP contribution >= 0.6 is 11.6 Å². The van der Waals surface area contributed by atoms with Crippen molar-refractivity contribution in [3.8, 4) is 0 Å². The number of carbonyl (C=O) groups excluding carboxylic acids is 1. The zero-order chi connectivity index (χ0) is 14.5. The standard InChI is InChI=1S/C16H15ClFNO/c1-11-6-8-14(18)15(10-11)19-16(20)9-7-12-4-2-3-5-13(12)17/h2-6,8,10H,7,9H2,1H3,(H,19,20). The lowest BCUT2D eigenvalue weighted by atomic mass is 10.1. The normalized spacial score (nSPS) is 10.3. The summed E-state index contributed by atoms with van der Waals surface area (Å²) in [4.78, 5) is 11.8. The lowest BCUT2D eigenvalue weighted by molar-refractivity contribution is -0.116. The molecule has 2 aromatic carbocycles. The molecule has 4 heteroatoms. The van der Waals surface area contributed by atoms with E-state index >= 15 is 0 Å². The Bertz CT molecular complexity index is 628. The second-order valence-electron chi connectivity index (χ2n) is 4.62. The monoisotopic (exact) mass is 291 g/mol. The molecule has 0 heterocycles. The molecule has 0 aliphatic carbocycles. The van der Waals surface area contributed by atoms with Crippen molar-refractivity contribution < 1.29 is 9.18 Å². The minimum atomic E-state index is -0.429. The average molecular weight is 292 g/mol. The van der Waals surface area contributed by atoms with E-state index < -0.39 is 5.82 Å². The summed E-state index contributed by atoms with van der Waals surface area (Å²) in [5, 5.41) is 3.22. The first-order valence-corrected chi connectivity index (χ1v) is 6.73. The molecule has 0 aliphatic heterocycles. The third kappa shape index (κ3) is 3.81. The molecule has 20 heavy (non-hydrogen) atoms. The number of amides is 1. The predicted octanol–water partition coefficient (Wildman–Crippen LogP) is 4.36. The highest BCUT2D eigenvalue weighted by molar-refractivity contribution is 6.31. The molecule has 2 nitrogen and oxygen atoms in total. The summed E-state index contributed by atoms with van der Waals surface area (Å²) < 4.78 is 13.5. The van der Waals surface area contributed by atoms with E-state index in [1.807, 2.05) is 25.1 Å². The largest absolute Gasteiger partial charge is 0.324 e. The zero-order valence-electron chi connectivity index (χ0n) is 11.1. The van der Waals surface area contributed by atoms with Crippen LogP contribution in [-0.2, 0) is 11.2 Å². The summed E-state index contributed by atoms with van der Waals surface area (Å²) in [6.45, 7) is 1.85. The summed E-state index contributed by atoms with van der Waals surface area (Å²) in [6, 6.07) is 12.0. The maximum atomic E-state index is 13.5. The Hall–Kier alpha value is -1.87. The lowest BCUT2D eigenvalue weighted by Gasteiger charge is -2.08. The number of aryl methyl sites for hydroxylation is 2. The predicted molar refractivity (Wildman–Crippen MR) is 79.5 cm³/mol. The van der Waals surface area contributed by atoms with Crippen LogP contribution in [0.4, 0.5) is 10.1 Å². The molecule has 0 radical (unpaired) electrons. The Labute approximate surface area is 122 Å². The molecular weight excluding hydrogens is 277 g/mol. The number of rotatable bonds is 4. The fraction of sp³-hybridized carbons (Fsp3) is 0.188. The maximum absolute atomic E-state index is 13.5. The molecule has 0 unspecified atom stereocenters. The molecule has 0 aromatic heterocycles. The Morgan fingerprint density at radius 1 is 1.25 bits per heavy atom. The van der Waals surface area contributed by atoms with Crippen molar-refractivity contribution in [3.63, 3.8) is 0 Å². The Morgan fingerprint density at radius 3 is 2.75 bits per heavy atom. The van der Waals surface area contributed by atoms with Crippen molar-refractivity contribution in [1.29, 1.82) is 0 Å². The van der Waals surface area contributed by atoms with Crippen LogP contribution in [0.1, 0.15) is 17.5 Å². The molecule has 0 fully saturated rings.